The average molecular weight is 372 g/mol. The van der Waals surface area contributed by atoms with Gasteiger partial charge < -0.3 is 0 Å². The van der Waals surface area contributed by atoms with Crippen molar-refractivity contribution in [2.45, 2.75) is 5.75 Å². The first-order valence-corrected chi connectivity index (χ1v) is 8.74. The Labute approximate surface area is 130 Å². The lowest BCUT2D eigenvalue weighted by Gasteiger charge is -2.05. The topological polar surface area (TPSA) is 64.1 Å². The van der Waals surface area contributed by atoms with Crippen LogP contribution < -0.4 is 0 Å². The maximum Gasteiger partial charge on any atom is 0.212 e. The van der Waals surface area contributed by atoms with Gasteiger partial charge in [-0.2, -0.15) is 0 Å². The molecule has 21 heavy (non-hydrogen) atoms. The molecule has 4 nitrogen and oxygen atoms in total. The van der Waals surface area contributed by atoms with Gasteiger partial charge in [0.15, 0.2) is 9.84 Å². The third-order valence-electron chi connectivity index (χ3n) is 2.65. The molecule has 110 valence electrons. The smallest absolute Gasteiger partial charge is 0.212 e. The molecule has 2 rings (SSSR count). The van der Waals surface area contributed by atoms with Gasteiger partial charge in [-0.25, -0.2) is 12.8 Å². The Kier molecular flexibility index (Phi) is 4.53. The lowest BCUT2D eigenvalue weighted by atomic mass is 10.1. The number of halogens is 2. The molecule has 0 bridgehead atoms. The van der Waals surface area contributed by atoms with Gasteiger partial charge in [0.05, 0.1) is 5.75 Å². The molecule has 0 fully saturated rings. The molecule has 0 aliphatic carbocycles. The minimum absolute atomic E-state index is 0.149. The van der Waals surface area contributed by atoms with E-state index in [9.17, 15) is 17.6 Å². The van der Waals surface area contributed by atoms with Crippen LogP contribution in [0.25, 0.3) is 0 Å². The Morgan fingerprint density at radius 3 is 2.43 bits per heavy atom. The molecule has 0 unspecified atom stereocenters. The summed E-state index contributed by atoms with van der Waals surface area (Å²) in [5.74, 6) is -0.946. The minimum atomic E-state index is -3.17. The first-order chi connectivity index (χ1) is 9.76. The molecule has 0 aliphatic rings. The minimum Gasteiger partial charge on any atom is -0.287 e. The number of rotatable bonds is 4. The third-order valence-corrected chi connectivity index (χ3v) is 4.11. The van der Waals surface area contributed by atoms with Crippen molar-refractivity contribution >= 4 is 31.6 Å². The number of hydrogen-bond acceptors (Lipinski definition) is 4. The van der Waals surface area contributed by atoms with Crippen LogP contribution >= 0.6 is 15.9 Å². The fourth-order valence-electron chi connectivity index (χ4n) is 1.76. The normalized spacial score (nSPS) is 11.4. The van der Waals surface area contributed by atoms with Crippen LogP contribution in [0.5, 0.6) is 0 Å². The van der Waals surface area contributed by atoms with E-state index in [2.05, 4.69) is 20.9 Å². The van der Waals surface area contributed by atoms with E-state index in [-0.39, 0.29) is 17.2 Å². The summed E-state index contributed by atoms with van der Waals surface area (Å²) >= 11 is 3.21. The molecule has 0 radical (unpaired) electrons. The SMILES string of the molecule is CS(=O)(=O)Cc1cnc(C(=O)c2ccc(F)cc2)c(Br)c1. The van der Waals surface area contributed by atoms with Gasteiger partial charge >= 0.3 is 0 Å². The number of aromatic nitrogens is 1. The second-order valence-electron chi connectivity index (χ2n) is 4.58. The van der Waals surface area contributed by atoms with E-state index in [1.54, 1.807) is 6.07 Å². The molecular formula is C14H11BrFNO3S. The number of pyridine rings is 1. The van der Waals surface area contributed by atoms with Crippen molar-refractivity contribution in [2.24, 2.45) is 0 Å². The third kappa shape index (κ3) is 4.18. The summed E-state index contributed by atoms with van der Waals surface area (Å²) in [5, 5.41) is 0. The Balaban J connectivity index is 2.32. The highest BCUT2D eigenvalue weighted by Gasteiger charge is 2.16. The highest BCUT2D eigenvalue weighted by molar-refractivity contribution is 9.10. The summed E-state index contributed by atoms with van der Waals surface area (Å²) in [6, 6.07) is 6.68. The first-order valence-electron chi connectivity index (χ1n) is 5.89. The van der Waals surface area contributed by atoms with E-state index < -0.39 is 15.7 Å². The van der Waals surface area contributed by atoms with Crippen LogP contribution in [0.1, 0.15) is 21.6 Å². The van der Waals surface area contributed by atoms with Crippen LogP contribution in [0, 0.1) is 5.82 Å². The summed E-state index contributed by atoms with van der Waals surface area (Å²) in [6.07, 6.45) is 2.47. The van der Waals surface area contributed by atoms with Crippen LogP contribution in [0.2, 0.25) is 0 Å². The fraction of sp³-hybridized carbons (Fsp3) is 0.143. The van der Waals surface area contributed by atoms with Crippen LogP contribution in [0.4, 0.5) is 4.39 Å². The van der Waals surface area contributed by atoms with Crippen molar-refractivity contribution < 1.29 is 17.6 Å². The number of carbonyl (C=O) groups excluding carboxylic acids is 1. The van der Waals surface area contributed by atoms with Crippen LogP contribution in [-0.2, 0) is 15.6 Å². The molecule has 0 saturated heterocycles. The molecular weight excluding hydrogens is 361 g/mol. The second kappa shape index (κ2) is 6.03. The maximum atomic E-state index is 12.8. The molecule has 1 heterocycles. The highest BCUT2D eigenvalue weighted by Crippen LogP contribution is 2.20. The van der Waals surface area contributed by atoms with E-state index in [4.69, 9.17) is 0 Å². The predicted molar refractivity (Wildman–Crippen MR) is 80.3 cm³/mol. The van der Waals surface area contributed by atoms with Crippen molar-refractivity contribution in [1.29, 1.82) is 0 Å². The van der Waals surface area contributed by atoms with Gasteiger partial charge in [-0.05, 0) is 51.8 Å². The number of benzene rings is 1. The predicted octanol–water partition coefficient (Wildman–Crippen LogP) is 2.76. The first kappa shape index (κ1) is 15.8. The highest BCUT2D eigenvalue weighted by atomic mass is 79.9. The van der Waals surface area contributed by atoms with Crippen molar-refractivity contribution in [3.63, 3.8) is 0 Å². The van der Waals surface area contributed by atoms with E-state index in [1.807, 2.05) is 0 Å². The standard InChI is InChI=1S/C14H11BrFNO3S/c1-21(19,20)8-9-6-12(15)13(17-7-9)14(18)10-2-4-11(16)5-3-10/h2-7H,8H2,1H3. The van der Waals surface area contributed by atoms with Crippen molar-refractivity contribution in [3.05, 3.63) is 63.6 Å². The van der Waals surface area contributed by atoms with E-state index in [1.165, 1.54) is 30.5 Å². The molecule has 0 spiro atoms. The quantitative estimate of drug-likeness (QED) is 0.775. The van der Waals surface area contributed by atoms with Gasteiger partial charge in [0.1, 0.15) is 11.5 Å². The lowest BCUT2D eigenvalue weighted by molar-refractivity contribution is 0.103. The maximum absolute atomic E-state index is 12.8. The van der Waals surface area contributed by atoms with Crippen molar-refractivity contribution in [2.75, 3.05) is 6.26 Å². The molecule has 0 amide bonds. The Morgan fingerprint density at radius 1 is 1.29 bits per heavy atom. The van der Waals surface area contributed by atoms with Crippen molar-refractivity contribution in [3.8, 4) is 0 Å². The monoisotopic (exact) mass is 371 g/mol. The summed E-state index contributed by atoms with van der Waals surface area (Å²) in [5.41, 5.74) is 0.944. The van der Waals surface area contributed by atoms with Gasteiger partial charge in [0.2, 0.25) is 5.78 Å². The largest absolute Gasteiger partial charge is 0.287 e. The molecule has 2 aromatic rings. The van der Waals surface area contributed by atoms with Crippen LogP contribution in [0.3, 0.4) is 0 Å². The zero-order valence-corrected chi connectivity index (χ0v) is 13.4. The summed E-state index contributed by atoms with van der Waals surface area (Å²) in [4.78, 5) is 16.2. The van der Waals surface area contributed by atoms with Gasteiger partial charge in [0, 0.05) is 22.5 Å². The van der Waals surface area contributed by atoms with Gasteiger partial charge in [0.25, 0.3) is 0 Å². The Bertz CT molecular complexity index is 788. The molecule has 0 aliphatic heterocycles. The van der Waals surface area contributed by atoms with E-state index in [0.717, 1.165) is 6.26 Å². The van der Waals surface area contributed by atoms with Gasteiger partial charge in [-0.1, -0.05) is 0 Å². The van der Waals surface area contributed by atoms with Gasteiger partial charge in [-0.3, -0.25) is 9.78 Å². The fourth-order valence-corrected chi connectivity index (χ4v) is 3.10. The molecule has 0 atom stereocenters. The number of sulfone groups is 1. The molecule has 0 saturated carbocycles. The van der Waals surface area contributed by atoms with E-state index in [0.29, 0.717) is 15.6 Å². The summed E-state index contributed by atoms with van der Waals surface area (Å²) in [7, 11) is -3.17. The zero-order chi connectivity index (χ0) is 15.6. The number of ketones is 1. The Morgan fingerprint density at radius 2 is 1.90 bits per heavy atom. The molecule has 1 aromatic heterocycles. The molecule has 7 heteroatoms. The number of hydrogen-bond donors (Lipinski definition) is 0. The van der Waals surface area contributed by atoms with Crippen LogP contribution in [0.15, 0.2) is 41.0 Å². The van der Waals surface area contributed by atoms with Crippen molar-refractivity contribution in [1.82, 2.24) is 4.98 Å². The number of carbonyl (C=O) groups is 1. The molecule has 1 aromatic carbocycles. The van der Waals surface area contributed by atoms with Gasteiger partial charge in [-0.15, -0.1) is 0 Å². The average Bonchev–Trinajstić information content (AvgIpc) is 2.37. The van der Waals surface area contributed by atoms with E-state index >= 15 is 0 Å². The lowest BCUT2D eigenvalue weighted by Crippen LogP contribution is -2.07. The second-order valence-corrected chi connectivity index (χ2v) is 7.57. The summed E-state index contributed by atoms with van der Waals surface area (Å²) in [6.45, 7) is 0. The van der Waals surface area contributed by atoms with Crippen LogP contribution in [-0.4, -0.2) is 25.4 Å². The zero-order valence-electron chi connectivity index (χ0n) is 11.0. The number of nitrogens with zero attached hydrogens (tertiary/aromatic N) is 1. The molecule has 0 N–H and O–H groups in total. The Hall–Kier alpha value is -1.60. The summed E-state index contributed by atoms with van der Waals surface area (Å²) < 4.78 is 35.7.